The van der Waals surface area contributed by atoms with Crippen LogP contribution in [0.5, 0.6) is 0 Å². The summed E-state index contributed by atoms with van der Waals surface area (Å²) in [5.74, 6) is -0.279. The summed E-state index contributed by atoms with van der Waals surface area (Å²) in [7, 11) is 2.07. The zero-order valence-corrected chi connectivity index (χ0v) is 19.2. The normalized spacial score (nSPS) is 16.6. The molecule has 9 nitrogen and oxygen atoms in total. The predicted octanol–water partition coefficient (Wildman–Crippen LogP) is 3.46. The van der Waals surface area contributed by atoms with Gasteiger partial charge in [0.25, 0.3) is 5.91 Å². The van der Waals surface area contributed by atoms with E-state index < -0.39 is 12.2 Å². The highest BCUT2D eigenvalue weighted by Crippen LogP contribution is 2.30. The van der Waals surface area contributed by atoms with Gasteiger partial charge < -0.3 is 20.5 Å². The molecular weight excluding hydrogens is 461 g/mol. The third-order valence-electron chi connectivity index (χ3n) is 6.40. The molecular formula is C23H25F3N8O. The molecule has 4 aromatic heterocycles. The van der Waals surface area contributed by atoms with Gasteiger partial charge in [-0.3, -0.25) is 4.79 Å². The summed E-state index contributed by atoms with van der Waals surface area (Å²) >= 11 is 0. The van der Waals surface area contributed by atoms with E-state index in [0.29, 0.717) is 22.1 Å². The Labute approximate surface area is 198 Å². The number of carbonyl (C=O) groups excluding carboxylic acids is 1. The van der Waals surface area contributed by atoms with Crippen LogP contribution in [0.2, 0.25) is 0 Å². The van der Waals surface area contributed by atoms with Gasteiger partial charge >= 0.3 is 6.18 Å². The highest BCUT2D eigenvalue weighted by Gasteiger charge is 2.36. The van der Waals surface area contributed by atoms with Gasteiger partial charge in [-0.25, -0.2) is 9.50 Å². The number of nitrogens with one attached hydrogen (secondary N) is 3. The van der Waals surface area contributed by atoms with Crippen LogP contribution >= 0.6 is 0 Å². The highest BCUT2D eigenvalue weighted by atomic mass is 19.4. The van der Waals surface area contributed by atoms with Gasteiger partial charge in [0.15, 0.2) is 0 Å². The first-order chi connectivity index (χ1) is 16.7. The van der Waals surface area contributed by atoms with Crippen LogP contribution in [0.4, 0.5) is 19.1 Å². The fourth-order valence-electron chi connectivity index (χ4n) is 4.23. The third kappa shape index (κ3) is 4.65. The number of H-pyrrole nitrogens is 1. The number of rotatable bonds is 5. The molecule has 0 spiro atoms. The molecule has 5 heterocycles. The van der Waals surface area contributed by atoms with E-state index in [2.05, 4.69) is 42.6 Å². The number of alkyl halides is 3. The zero-order valence-electron chi connectivity index (χ0n) is 19.2. The van der Waals surface area contributed by atoms with Crippen LogP contribution in [-0.2, 0) is 0 Å². The van der Waals surface area contributed by atoms with Crippen LogP contribution in [0.15, 0.2) is 36.9 Å². The molecule has 0 bridgehead atoms. The third-order valence-corrected chi connectivity index (χ3v) is 6.40. The fourth-order valence-corrected chi connectivity index (χ4v) is 4.23. The van der Waals surface area contributed by atoms with Gasteiger partial charge in [-0.05, 0) is 57.6 Å². The maximum atomic E-state index is 13.0. The van der Waals surface area contributed by atoms with Gasteiger partial charge in [-0.15, -0.1) is 0 Å². The summed E-state index contributed by atoms with van der Waals surface area (Å²) in [6, 6.07) is 2.05. The molecule has 3 N–H and O–H groups in total. The number of hydrogen-bond acceptors (Lipinski definition) is 6. The van der Waals surface area contributed by atoms with Gasteiger partial charge in [0, 0.05) is 35.6 Å². The fraction of sp³-hybridized carbons (Fsp3) is 0.391. The summed E-state index contributed by atoms with van der Waals surface area (Å²) in [6.07, 6.45) is 3.92. The van der Waals surface area contributed by atoms with Crippen molar-refractivity contribution in [2.75, 3.05) is 25.5 Å². The van der Waals surface area contributed by atoms with E-state index in [-0.39, 0.29) is 17.9 Å². The number of halogens is 3. The Morgan fingerprint density at radius 2 is 2.03 bits per heavy atom. The maximum Gasteiger partial charge on any atom is 0.408 e. The summed E-state index contributed by atoms with van der Waals surface area (Å²) < 4.78 is 40.2. The van der Waals surface area contributed by atoms with Gasteiger partial charge in [0.05, 0.1) is 17.3 Å². The van der Waals surface area contributed by atoms with Crippen LogP contribution in [0, 0.1) is 0 Å². The second kappa shape index (κ2) is 8.84. The van der Waals surface area contributed by atoms with Crippen LogP contribution in [0.3, 0.4) is 0 Å². The largest absolute Gasteiger partial charge is 0.408 e. The van der Waals surface area contributed by atoms with Crippen molar-refractivity contribution in [3.63, 3.8) is 0 Å². The molecule has 4 aromatic rings. The average Bonchev–Trinajstić information content (AvgIpc) is 3.43. The number of likely N-dealkylation sites (tertiary alicyclic amines) is 1. The van der Waals surface area contributed by atoms with E-state index >= 15 is 0 Å². The maximum absolute atomic E-state index is 13.0. The van der Waals surface area contributed by atoms with Crippen molar-refractivity contribution < 1.29 is 18.0 Å². The number of piperidine rings is 1. The molecule has 35 heavy (non-hydrogen) atoms. The van der Waals surface area contributed by atoms with Crippen molar-refractivity contribution in [2.45, 2.75) is 38.0 Å². The number of aromatic nitrogens is 5. The Morgan fingerprint density at radius 3 is 2.77 bits per heavy atom. The van der Waals surface area contributed by atoms with Crippen LogP contribution in [0.25, 0.3) is 27.7 Å². The van der Waals surface area contributed by atoms with E-state index in [1.54, 1.807) is 23.1 Å². The number of fused-ring (bicyclic) bond motifs is 2. The second-order valence-corrected chi connectivity index (χ2v) is 8.92. The number of hydrogen-bond donors (Lipinski definition) is 3. The van der Waals surface area contributed by atoms with Gasteiger partial charge in [0.1, 0.15) is 11.7 Å². The molecule has 0 saturated carbocycles. The first kappa shape index (κ1) is 23.1. The van der Waals surface area contributed by atoms with Crippen LogP contribution in [0.1, 0.15) is 30.1 Å². The average molecular weight is 487 g/mol. The first-order valence-corrected chi connectivity index (χ1v) is 11.3. The Balaban J connectivity index is 1.41. The number of aromatic amines is 1. The second-order valence-electron chi connectivity index (χ2n) is 8.92. The van der Waals surface area contributed by atoms with Gasteiger partial charge in [0.2, 0.25) is 5.95 Å². The lowest BCUT2D eigenvalue weighted by molar-refractivity contribution is -0.138. The summed E-state index contributed by atoms with van der Waals surface area (Å²) in [4.78, 5) is 26.5. The summed E-state index contributed by atoms with van der Waals surface area (Å²) in [6.45, 7) is 2.90. The lowest BCUT2D eigenvalue weighted by Gasteiger charge is -2.29. The van der Waals surface area contributed by atoms with Crippen molar-refractivity contribution in [3.05, 3.63) is 42.5 Å². The molecule has 1 fully saturated rings. The van der Waals surface area contributed by atoms with E-state index in [1.807, 2.05) is 12.1 Å². The molecule has 5 rings (SSSR count). The predicted molar refractivity (Wildman–Crippen MR) is 125 cm³/mol. The van der Waals surface area contributed by atoms with E-state index in [1.165, 1.54) is 6.20 Å². The monoisotopic (exact) mass is 486 g/mol. The molecule has 0 radical (unpaired) electrons. The zero-order chi connectivity index (χ0) is 24.7. The van der Waals surface area contributed by atoms with E-state index in [0.717, 1.165) is 44.0 Å². The Morgan fingerprint density at radius 1 is 1.26 bits per heavy atom. The highest BCUT2D eigenvalue weighted by molar-refractivity contribution is 6.02. The minimum absolute atomic E-state index is 0.116. The molecule has 0 aliphatic carbocycles. The number of amides is 1. The van der Waals surface area contributed by atoms with Crippen molar-refractivity contribution in [3.8, 4) is 11.1 Å². The standard InChI is InChI=1S/C23H25F3N8O/c1-13(23(24,25)26)30-22-28-11-17-16(10-27-20(17)32-22)14-3-8-34-19(9-14)18(12-29-34)21(35)31-15-4-6-33(2)7-5-15/h3,8-13,15H,4-7H2,1-2H3,(H,31,35)(H2,27,28,30,32)/t13-/m0/s1. The van der Waals surface area contributed by atoms with Crippen molar-refractivity contribution in [1.82, 2.24) is 34.8 Å². The molecule has 1 saturated heterocycles. The SMILES string of the molecule is C[C@H](Nc1ncc2c(-c3ccn4ncc(C(=O)NC5CCN(C)CC5)c4c3)c[nH]c2n1)C(F)(F)F. The smallest absolute Gasteiger partial charge is 0.349 e. The van der Waals surface area contributed by atoms with E-state index in [4.69, 9.17) is 0 Å². The Kier molecular flexibility index (Phi) is 5.83. The molecule has 1 atom stereocenters. The number of anilines is 1. The van der Waals surface area contributed by atoms with E-state index in [9.17, 15) is 18.0 Å². The van der Waals surface area contributed by atoms with Crippen molar-refractivity contribution in [1.29, 1.82) is 0 Å². The summed E-state index contributed by atoms with van der Waals surface area (Å²) in [5.41, 5.74) is 3.10. The number of carbonyl (C=O) groups is 1. The first-order valence-electron chi connectivity index (χ1n) is 11.3. The molecule has 184 valence electrons. The minimum Gasteiger partial charge on any atom is -0.349 e. The molecule has 12 heteroatoms. The molecule has 1 aliphatic heterocycles. The molecule has 1 aliphatic rings. The Hall–Kier alpha value is -3.67. The van der Waals surface area contributed by atoms with Crippen LogP contribution in [-0.4, -0.2) is 73.8 Å². The summed E-state index contributed by atoms with van der Waals surface area (Å²) in [5, 5.41) is 10.3. The van der Waals surface area contributed by atoms with Crippen molar-refractivity contribution >= 4 is 28.4 Å². The molecule has 1 amide bonds. The van der Waals surface area contributed by atoms with Gasteiger partial charge in [-0.1, -0.05) is 0 Å². The Bertz CT molecular complexity index is 1370. The van der Waals surface area contributed by atoms with Crippen molar-refractivity contribution in [2.24, 2.45) is 0 Å². The topological polar surface area (TPSA) is 103 Å². The lowest BCUT2D eigenvalue weighted by Crippen LogP contribution is -2.43. The molecule has 0 unspecified atom stereocenters. The quantitative estimate of drug-likeness (QED) is 0.399. The van der Waals surface area contributed by atoms with Crippen LogP contribution < -0.4 is 10.6 Å². The number of pyridine rings is 1. The number of nitrogens with zero attached hydrogens (tertiary/aromatic N) is 5. The lowest BCUT2D eigenvalue weighted by atomic mass is 10.0. The molecule has 0 aromatic carbocycles. The van der Waals surface area contributed by atoms with Gasteiger partial charge in [-0.2, -0.15) is 23.3 Å². The minimum atomic E-state index is -4.41.